The number of aromatic nitrogens is 1. The maximum absolute atomic E-state index is 12.8. The summed E-state index contributed by atoms with van der Waals surface area (Å²) in [4.78, 5) is 19.6. The SMILES string of the molecule is C=Cc1cncc(C2=CCC3C4CCN5C(=O)CCCC[C@]5(C)C4CC[C@]23C)c1. The van der Waals surface area contributed by atoms with Crippen molar-refractivity contribution in [2.75, 3.05) is 6.54 Å². The van der Waals surface area contributed by atoms with Crippen molar-refractivity contribution in [2.24, 2.45) is 23.2 Å². The summed E-state index contributed by atoms with van der Waals surface area (Å²) < 4.78 is 0. The Morgan fingerprint density at radius 1 is 1.17 bits per heavy atom. The molecule has 0 aromatic carbocycles. The molecule has 0 spiro atoms. The molecule has 1 aromatic rings. The highest BCUT2D eigenvalue weighted by Gasteiger charge is 2.58. The van der Waals surface area contributed by atoms with Gasteiger partial charge in [-0.1, -0.05) is 32.1 Å². The molecule has 4 aliphatic rings. The van der Waals surface area contributed by atoms with Gasteiger partial charge in [0.15, 0.2) is 0 Å². The summed E-state index contributed by atoms with van der Waals surface area (Å²) in [5.41, 5.74) is 4.18. The van der Waals surface area contributed by atoms with Gasteiger partial charge < -0.3 is 4.90 Å². The van der Waals surface area contributed by atoms with Crippen molar-refractivity contribution in [3.63, 3.8) is 0 Å². The fourth-order valence-corrected chi connectivity index (χ4v) is 7.55. The van der Waals surface area contributed by atoms with Gasteiger partial charge >= 0.3 is 0 Å². The number of fused-ring (bicyclic) bond motifs is 5. The number of rotatable bonds is 2. The highest BCUT2D eigenvalue weighted by Crippen LogP contribution is 2.63. The second-order valence-electron chi connectivity index (χ2n) is 10.3. The molecule has 1 amide bonds. The van der Waals surface area contributed by atoms with Gasteiger partial charge in [0, 0.05) is 30.9 Å². The van der Waals surface area contributed by atoms with E-state index in [-0.39, 0.29) is 11.0 Å². The lowest BCUT2D eigenvalue weighted by Gasteiger charge is -2.59. The number of pyridine rings is 1. The Kier molecular flexibility index (Phi) is 4.49. The van der Waals surface area contributed by atoms with E-state index in [1.807, 2.05) is 18.5 Å². The molecule has 3 nitrogen and oxygen atoms in total. The van der Waals surface area contributed by atoms with Crippen molar-refractivity contribution in [2.45, 2.75) is 70.8 Å². The molecule has 1 saturated carbocycles. The van der Waals surface area contributed by atoms with E-state index < -0.39 is 0 Å². The first kappa shape index (κ1) is 19.1. The van der Waals surface area contributed by atoms with E-state index in [1.165, 1.54) is 49.7 Å². The summed E-state index contributed by atoms with van der Waals surface area (Å²) in [5, 5.41) is 0. The number of allylic oxidation sites excluding steroid dienone is 2. The summed E-state index contributed by atoms with van der Waals surface area (Å²) in [6, 6.07) is 2.25. The van der Waals surface area contributed by atoms with E-state index in [0.29, 0.717) is 17.7 Å². The Balaban J connectivity index is 1.46. The van der Waals surface area contributed by atoms with Crippen molar-refractivity contribution in [3.8, 4) is 0 Å². The molecule has 1 aromatic heterocycles. The Morgan fingerprint density at radius 3 is 2.86 bits per heavy atom. The summed E-state index contributed by atoms with van der Waals surface area (Å²) >= 11 is 0. The number of piperidine rings is 1. The third kappa shape index (κ3) is 2.76. The first-order chi connectivity index (χ1) is 14.0. The van der Waals surface area contributed by atoms with Gasteiger partial charge in [-0.2, -0.15) is 0 Å². The molecule has 2 aliphatic heterocycles. The molecule has 0 radical (unpaired) electrons. The maximum Gasteiger partial charge on any atom is 0.223 e. The molecule has 2 aliphatic carbocycles. The second-order valence-corrected chi connectivity index (χ2v) is 10.3. The molecular weight excluding hydrogens is 356 g/mol. The van der Waals surface area contributed by atoms with Gasteiger partial charge in [-0.15, -0.1) is 0 Å². The zero-order valence-corrected chi connectivity index (χ0v) is 18.0. The van der Waals surface area contributed by atoms with Gasteiger partial charge in [-0.3, -0.25) is 9.78 Å². The largest absolute Gasteiger partial charge is 0.337 e. The maximum atomic E-state index is 12.8. The van der Waals surface area contributed by atoms with Crippen LogP contribution in [0.2, 0.25) is 0 Å². The zero-order valence-electron chi connectivity index (χ0n) is 18.0. The molecule has 29 heavy (non-hydrogen) atoms. The predicted molar refractivity (Wildman–Crippen MR) is 118 cm³/mol. The molecule has 3 unspecified atom stereocenters. The lowest BCUT2D eigenvalue weighted by atomic mass is 9.52. The Labute approximate surface area is 175 Å². The zero-order chi connectivity index (χ0) is 20.2. The summed E-state index contributed by atoms with van der Waals surface area (Å²) in [7, 11) is 0. The molecule has 2 saturated heterocycles. The fourth-order valence-electron chi connectivity index (χ4n) is 7.55. The summed E-state index contributed by atoms with van der Waals surface area (Å²) in [6.07, 6.45) is 17.4. The number of hydrogen-bond acceptors (Lipinski definition) is 2. The van der Waals surface area contributed by atoms with E-state index in [1.54, 1.807) is 0 Å². The number of carbonyl (C=O) groups excluding carboxylic acids is 1. The van der Waals surface area contributed by atoms with E-state index in [0.717, 1.165) is 30.9 Å². The van der Waals surface area contributed by atoms with Crippen molar-refractivity contribution in [1.82, 2.24) is 9.88 Å². The minimum Gasteiger partial charge on any atom is -0.337 e. The van der Waals surface area contributed by atoms with Crippen LogP contribution in [0.4, 0.5) is 0 Å². The third-order valence-electron chi connectivity index (χ3n) is 9.05. The van der Waals surface area contributed by atoms with Gasteiger partial charge in [0.2, 0.25) is 5.91 Å². The van der Waals surface area contributed by atoms with Crippen LogP contribution in [0, 0.1) is 23.2 Å². The second kappa shape index (κ2) is 6.82. The van der Waals surface area contributed by atoms with Gasteiger partial charge in [0.25, 0.3) is 0 Å². The molecule has 0 bridgehead atoms. The molecule has 3 heteroatoms. The molecule has 154 valence electrons. The number of carbonyl (C=O) groups is 1. The summed E-state index contributed by atoms with van der Waals surface area (Å²) in [5.74, 6) is 2.49. The van der Waals surface area contributed by atoms with Crippen LogP contribution in [-0.2, 0) is 4.79 Å². The predicted octanol–water partition coefficient (Wildman–Crippen LogP) is 5.73. The van der Waals surface area contributed by atoms with Crippen LogP contribution in [0.1, 0.15) is 76.3 Å². The normalized spacial score (nSPS) is 39.1. The van der Waals surface area contributed by atoms with Crippen LogP contribution < -0.4 is 0 Å². The van der Waals surface area contributed by atoms with E-state index in [9.17, 15) is 4.79 Å². The lowest BCUT2D eigenvalue weighted by Crippen LogP contribution is -2.62. The van der Waals surface area contributed by atoms with Crippen LogP contribution in [0.25, 0.3) is 11.6 Å². The van der Waals surface area contributed by atoms with Gasteiger partial charge in [0.1, 0.15) is 0 Å². The monoisotopic (exact) mass is 390 g/mol. The fraction of sp³-hybridized carbons (Fsp3) is 0.615. The smallest absolute Gasteiger partial charge is 0.223 e. The van der Waals surface area contributed by atoms with Crippen molar-refractivity contribution >= 4 is 17.6 Å². The Bertz CT molecular complexity index is 873. The first-order valence-electron chi connectivity index (χ1n) is 11.6. The topological polar surface area (TPSA) is 33.2 Å². The summed E-state index contributed by atoms with van der Waals surface area (Å²) in [6.45, 7) is 9.80. The quantitative estimate of drug-likeness (QED) is 0.646. The first-order valence-corrected chi connectivity index (χ1v) is 11.6. The van der Waals surface area contributed by atoms with Crippen molar-refractivity contribution in [3.05, 3.63) is 42.2 Å². The number of amides is 1. The van der Waals surface area contributed by atoms with E-state index in [4.69, 9.17) is 0 Å². The van der Waals surface area contributed by atoms with Gasteiger partial charge in [-0.25, -0.2) is 0 Å². The highest BCUT2D eigenvalue weighted by atomic mass is 16.2. The lowest BCUT2D eigenvalue weighted by molar-refractivity contribution is -0.150. The standard InChI is InChI=1S/C26H34N2O/c1-4-18-15-19(17-27-16-18)21-8-9-22-20-11-14-28-24(29)7-5-6-12-26(28,3)23(20)10-13-25(21,22)2/h4,8,15-17,20,22-23H,1,5-7,9-14H2,2-3H3/t20?,22?,23?,25-,26-/m1/s1. The van der Waals surface area contributed by atoms with Crippen LogP contribution in [0.15, 0.2) is 31.1 Å². The number of nitrogens with zero attached hydrogens (tertiary/aromatic N) is 2. The Hall–Kier alpha value is -1.90. The highest BCUT2D eigenvalue weighted by molar-refractivity contribution is 5.78. The van der Waals surface area contributed by atoms with Gasteiger partial charge in [-0.05, 0) is 91.4 Å². The van der Waals surface area contributed by atoms with Crippen LogP contribution in [-0.4, -0.2) is 27.9 Å². The van der Waals surface area contributed by atoms with Crippen LogP contribution in [0.5, 0.6) is 0 Å². The average molecular weight is 391 g/mol. The van der Waals surface area contributed by atoms with Crippen LogP contribution >= 0.6 is 0 Å². The molecule has 5 rings (SSSR count). The third-order valence-corrected chi connectivity index (χ3v) is 9.05. The van der Waals surface area contributed by atoms with Crippen LogP contribution in [0.3, 0.4) is 0 Å². The van der Waals surface area contributed by atoms with E-state index >= 15 is 0 Å². The van der Waals surface area contributed by atoms with Crippen molar-refractivity contribution in [1.29, 1.82) is 0 Å². The molecular formula is C26H34N2O. The molecule has 3 fully saturated rings. The van der Waals surface area contributed by atoms with Crippen molar-refractivity contribution < 1.29 is 4.79 Å². The van der Waals surface area contributed by atoms with E-state index in [2.05, 4.69) is 42.5 Å². The molecule has 5 atom stereocenters. The minimum absolute atomic E-state index is 0.0743. The van der Waals surface area contributed by atoms with Gasteiger partial charge in [0.05, 0.1) is 0 Å². The molecule has 3 heterocycles. The minimum atomic E-state index is 0.0743. The molecule has 0 N–H and O–H groups in total. The Morgan fingerprint density at radius 2 is 2.03 bits per heavy atom. The number of hydrogen-bond donors (Lipinski definition) is 0. The average Bonchev–Trinajstić information content (AvgIpc) is 3.00.